The number of carbonyl (C=O) groups excluding carboxylic acids is 3. The summed E-state index contributed by atoms with van der Waals surface area (Å²) < 4.78 is 0. The Hall–Kier alpha value is -2.37. The summed E-state index contributed by atoms with van der Waals surface area (Å²) >= 11 is 0. The highest BCUT2D eigenvalue weighted by atomic mass is 16.2. The van der Waals surface area contributed by atoms with E-state index in [2.05, 4.69) is 11.9 Å². The summed E-state index contributed by atoms with van der Waals surface area (Å²) in [7, 11) is 3.41. The van der Waals surface area contributed by atoms with Gasteiger partial charge >= 0.3 is 0 Å². The van der Waals surface area contributed by atoms with E-state index in [1.807, 2.05) is 57.7 Å². The first-order valence-electron chi connectivity index (χ1n) is 9.17. The largest absolute Gasteiger partial charge is 0.358 e. The number of hydrogen-bond acceptors (Lipinski definition) is 4. The molecule has 3 amide bonds. The smallest absolute Gasteiger partial charge is 0.252 e. The Labute approximate surface area is 157 Å². The van der Waals surface area contributed by atoms with Gasteiger partial charge in [0.1, 0.15) is 5.54 Å². The zero-order valence-electron chi connectivity index (χ0n) is 17.1. The van der Waals surface area contributed by atoms with Crippen LogP contribution in [0, 0.1) is 5.92 Å². The van der Waals surface area contributed by atoms with E-state index < -0.39 is 5.54 Å². The molecule has 26 heavy (non-hydrogen) atoms. The minimum atomic E-state index is -0.737. The van der Waals surface area contributed by atoms with Crippen LogP contribution in [-0.4, -0.2) is 47.7 Å². The van der Waals surface area contributed by atoms with Crippen LogP contribution in [0.4, 0.5) is 0 Å². The second-order valence-electron chi connectivity index (χ2n) is 5.75. The van der Waals surface area contributed by atoms with Gasteiger partial charge in [0.05, 0.1) is 11.4 Å². The molecule has 1 aliphatic carbocycles. The molecule has 0 aromatic heterocycles. The fraction of sp³-hybridized carbons (Fsp3) is 0.550. The molecule has 146 valence electrons. The van der Waals surface area contributed by atoms with Gasteiger partial charge in [0.2, 0.25) is 12.3 Å². The van der Waals surface area contributed by atoms with E-state index in [0.29, 0.717) is 30.6 Å². The normalized spacial score (nSPS) is 23.5. The summed E-state index contributed by atoms with van der Waals surface area (Å²) in [5, 5.41) is 2.42. The van der Waals surface area contributed by atoms with Gasteiger partial charge in [0.15, 0.2) is 0 Å². The Morgan fingerprint density at radius 2 is 1.73 bits per heavy atom. The van der Waals surface area contributed by atoms with Crippen LogP contribution in [0.5, 0.6) is 0 Å². The summed E-state index contributed by atoms with van der Waals surface area (Å²) in [6, 6.07) is 0. The predicted octanol–water partition coefficient (Wildman–Crippen LogP) is 2.84. The van der Waals surface area contributed by atoms with Crippen molar-refractivity contribution in [1.82, 2.24) is 15.1 Å². The molecule has 2 heterocycles. The van der Waals surface area contributed by atoms with Gasteiger partial charge in [-0.3, -0.25) is 19.7 Å². The van der Waals surface area contributed by atoms with E-state index in [1.165, 1.54) is 4.90 Å². The Morgan fingerprint density at radius 1 is 1.19 bits per heavy atom. The van der Waals surface area contributed by atoms with Crippen molar-refractivity contribution in [2.45, 2.75) is 53.0 Å². The third kappa shape index (κ3) is 4.42. The zero-order chi connectivity index (χ0) is 20.5. The van der Waals surface area contributed by atoms with E-state index in [4.69, 9.17) is 0 Å². The van der Waals surface area contributed by atoms with Crippen molar-refractivity contribution in [2.24, 2.45) is 5.92 Å². The van der Waals surface area contributed by atoms with Gasteiger partial charge in [-0.25, -0.2) is 0 Å². The van der Waals surface area contributed by atoms with E-state index >= 15 is 0 Å². The summed E-state index contributed by atoms with van der Waals surface area (Å²) in [6.07, 6.45) is 7.17. The SMILES string of the molecule is C=C(/C(=C\C=C/C)N(C)C12CC(C1)C(=O)NC2=O)N(C)C=O.CC.CC. The number of piperidine rings is 2. The quantitative estimate of drug-likeness (QED) is 0.448. The molecule has 2 saturated heterocycles. The Morgan fingerprint density at radius 3 is 2.15 bits per heavy atom. The first-order chi connectivity index (χ1) is 12.4. The van der Waals surface area contributed by atoms with Gasteiger partial charge in [-0.15, -0.1) is 0 Å². The Kier molecular flexibility index (Phi) is 9.62. The Balaban J connectivity index is 0.00000146. The molecule has 0 atom stereocenters. The van der Waals surface area contributed by atoms with Crippen LogP contribution in [-0.2, 0) is 14.4 Å². The molecule has 2 bridgehead atoms. The van der Waals surface area contributed by atoms with Gasteiger partial charge in [-0.05, 0) is 25.8 Å². The molecular weight excluding hydrogens is 330 g/mol. The molecule has 3 rings (SSSR count). The summed E-state index contributed by atoms with van der Waals surface area (Å²) in [5.74, 6) is -0.585. The first-order valence-corrected chi connectivity index (χ1v) is 9.17. The molecule has 3 fully saturated rings. The highest BCUT2D eigenvalue weighted by molar-refractivity contribution is 6.07. The number of nitrogens with one attached hydrogen (secondary N) is 1. The maximum atomic E-state index is 12.3. The monoisotopic (exact) mass is 363 g/mol. The highest BCUT2D eigenvalue weighted by Gasteiger charge is 2.60. The number of carbonyl (C=O) groups is 3. The van der Waals surface area contributed by atoms with Crippen molar-refractivity contribution < 1.29 is 14.4 Å². The average Bonchev–Trinajstić information content (AvgIpc) is 2.63. The van der Waals surface area contributed by atoms with Crippen molar-refractivity contribution >= 4 is 18.2 Å². The van der Waals surface area contributed by atoms with Crippen LogP contribution in [0.15, 0.2) is 36.2 Å². The van der Waals surface area contributed by atoms with E-state index in [-0.39, 0.29) is 17.7 Å². The van der Waals surface area contributed by atoms with Crippen molar-refractivity contribution in [3.63, 3.8) is 0 Å². The van der Waals surface area contributed by atoms with Crippen molar-refractivity contribution in [1.29, 1.82) is 0 Å². The second-order valence-corrected chi connectivity index (χ2v) is 5.75. The number of likely N-dealkylation sites (N-methyl/N-ethyl adjacent to an activating group) is 2. The lowest BCUT2D eigenvalue weighted by molar-refractivity contribution is -0.159. The highest BCUT2D eigenvalue weighted by Crippen LogP contribution is 2.47. The Bertz CT molecular complexity index is 587. The lowest BCUT2D eigenvalue weighted by atomic mass is 9.63. The van der Waals surface area contributed by atoms with Crippen molar-refractivity contribution in [3.05, 3.63) is 36.2 Å². The van der Waals surface area contributed by atoms with Gasteiger partial charge < -0.3 is 9.80 Å². The minimum absolute atomic E-state index is 0.111. The molecule has 2 aliphatic heterocycles. The van der Waals surface area contributed by atoms with Crippen LogP contribution >= 0.6 is 0 Å². The molecule has 0 radical (unpaired) electrons. The number of rotatable bonds is 6. The predicted molar refractivity (Wildman–Crippen MR) is 105 cm³/mol. The molecule has 0 unspecified atom stereocenters. The summed E-state index contributed by atoms with van der Waals surface area (Å²) in [6.45, 7) is 13.8. The van der Waals surface area contributed by atoms with E-state index in [1.54, 1.807) is 14.1 Å². The number of nitrogens with zero attached hydrogens (tertiary/aromatic N) is 2. The van der Waals surface area contributed by atoms with Gasteiger partial charge in [0, 0.05) is 20.0 Å². The third-order valence-corrected chi connectivity index (χ3v) is 4.53. The lowest BCUT2D eigenvalue weighted by Gasteiger charge is -2.55. The van der Waals surface area contributed by atoms with Crippen LogP contribution in [0.25, 0.3) is 0 Å². The van der Waals surface area contributed by atoms with Crippen molar-refractivity contribution in [3.8, 4) is 0 Å². The second kappa shape index (κ2) is 10.6. The molecule has 6 nitrogen and oxygen atoms in total. The van der Waals surface area contributed by atoms with Crippen LogP contribution in [0.2, 0.25) is 0 Å². The fourth-order valence-electron chi connectivity index (χ4n) is 2.95. The zero-order valence-corrected chi connectivity index (χ0v) is 17.1. The maximum Gasteiger partial charge on any atom is 0.252 e. The first kappa shape index (κ1) is 23.6. The van der Waals surface area contributed by atoms with E-state index in [9.17, 15) is 14.4 Å². The maximum absolute atomic E-state index is 12.3. The molecule has 6 heteroatoms. The summed E-state index contributed by atoms with van der Waals surface area (Å²) in [4.78, 5) is 38.1. The number of hydrogen-bond donors (Lipinski definition) is 1. The molecule has 1 saturated carbocycles. The minimum Gasteiger partial charge on any atom is -0.358 e. The molecule has 0 spiro atoms. The molecule has 1 N–H and O–H groups in total. The van der Waals surface area contributed by atoms with Crippen LogP contribution < -0.4 is 5.32 Å². The van der Waals surface area contributed by atoms with Crippen LogP contribution in [0.1, 0.15) is 47.5 Å². The molecule has 0 aromatic rings. The third-order valence-electron chi connectivity index (χ3n) is 4.53. The number of fused-ring (bicyclic) bond motifs is 2. The van der Waals surface area contributed by atoms with Gasteiger partial charge in [-0.1, -0.05) is 46.4 Å². The summed E-state index contributed by atoms with van der Waals surface area (Å²) in [5.41, 5.74) is 0.437. The number of allylic oxidation sites excluding steroid dienone is 3. The molecular formula is C20H33N3O3. The van der Waals surface area contributed by atoms with Gasteiger partial charge in [0.25, 0.3) is 5.91 Å². The average molecular weight is 364 g/mol. The van der Waals surface area contributed by atoms with Crippen LogP contribution in [0.3, 0.4) is 0 Å². The lowest BCUT2D eigenvalue weighted by Crippen LogP contribution is -2.72. The molecule has 0 aromatic carbocycles. The van der Waals surface area contributed by atoms with E-state index in [0.717, 1.165) is 0 Å². The topological polar surface area (TPSA) is 69.7 Å². The fourth-order valence-corrected chi connectivity index (χ4v) is 2.95. The standard InChI is InChI=1S/C16H21N3O3.2C2H6/c1-5-6-7-13(11(2)18(3)10-20)19(4)16-8-12(9-16)14(21)17-15(16)22;2*1-2/h5-7,10,12H,2,8-9H2,1,3-4H3,(H,17,21,22);2*1-2H3/b6-5-,13-7+;;. The number of amides is 3. The number of imide groups is 1. The van der Waals surface area contributed by atoms with Gasteiger partial charge in [-0.2, -0.15) is 0 Å². The molecule has 3 aliphatic rings. The van der Waals surface area contributed by atoms with Crippen molar-refractivity contribution in [2.75, 3.05) is 14.1 Å².